The molecule has 3 atom stereocenters. The minimum absolute atomic E-state index is 0.0881. The first kappa shape index (κ1) is 13.1. The third kappa shape index (κ3) is 7.16. The molecule has 0 aromatic carbocycles. The zero-order chi connectivity index (χ0) is 10.3. The first-order valence-electron chi connectivity index (χ1n) is 4.69. The topological polar surface area (TPSA) is 52.3 Å². The molecule has 4 heteroatoms. The summed E-state index contributed by atoms with van der Waals surface area (Å²) in [6.07, 6.45) is 1.07. The largest absolute Gasteiger partial charge is 0.383 e. The number of rotatable bonds is 7. The SMILES string of the molecule is CCC(C)CS(=O)CC(N)COC. The Balaban J connectivity index is 3.61. The molecule has 0 bridgehead atoms. The zero-order valence-electron chi connectivity index (χ0n) is 8.79. The molecular weight excluding hydrogens is 186 g/mol. The van der Waals surface area contributed by atoms with Crippen molar-refractivity contribution in [3.05, 3.63) is 0 Å². The van der Waals surface area contributed by atoms with Crippen molar-refractivity contribution in [2.75, 3.05) is 25.2 Å². The van der Waals surface area contributed by atoms with Crippen LogP contribution >= 0.6 is 0 Å². The predicted octanol–water partition coefficient (Wildman–Crippen LogP) is 0.755. The minimum Gasteiger partial charge on any atom is -0.383 e. The average molecular weight is 207 g/mol. The van der Waals surface area contributed by atoms with Crippen molar-refractivity contribution in [3.8, 4) is 0 Å². The van der Waals surface area contributed by atoms with Gasteiger partial charge in [0.2, 0.25) is 0 Å². The number of hydrogen-bond donors (Lipinski definition) is 1. The van der Waals surface area contributed by atoms with E-state index in [1.165, 1.54) is 0 Å². The van der Waals surface area contributed by atoms with E-state index in [1.807, 2.05) is 0 Å². The molecule has 0 heterocycles. The molecule has 3 nitrogen and oxygen atoms in total. The van der Waals surface area contributed by atoms with E-state index < -0.39 is 10.8 Å². The molecule has 2 N–H and O–H groups in total. The molecule has 0 aliphatic rings. The summed E-state index contributed by atoms with van der Waals surface area (Å²) in [5.74, 6) is 1.84. The van der Waals surface area contributed by atoms with Crippen molar-refractivity contribution < 1.29 is 8.95 Å². The number of hydrogen-bond acceptors (Lipinski definition) is 3. The first-order valence-corrected chi connectivity index (χ1v) is 6.18. The molecule has 0 radical (unpaired) electrons. The highest BCUT2D eigenvalue weighted by Crippen LogP contribution is 2.03. The van der Waals surface area contributed by atoms with Gasteiger partial charge in [-0.25, -0.2) is 0 Å². The van der Waals surface area contributed by atoms with Gasteiger partial charge in [0.15, 0.2) is 0 Å². The fourth-order valence-corrected chi connectivity index (χ4v) is 2.58. The maximum atomic E-state index is 11.5. The van der Waals surface area contributed by atoms with E-state index in [-0.39, 0.29) is 6.04 Å². The van der Waals surface area contributed by atoms with Gasteiger partial charge >= 0.3 is 0 Å². The molecule has 0 aliphatic carbocycles. The van der Waals surface area contributed by atoms with Gasteiger partial charge in [0.25, 0.3) is 0 Å². The van der Waals surface area contributed by atoms with Gasteiger partial charge in [0, 0.05) is 35.5 Å². The second kappa shape index (κ2) is 7.47. The van der Waals surface area contributed by atoms with Gasteiger partial charge in [-0.05, 0) is 5.92 Å². The molecule has 0 aromatic heterocycles. The summed E-state index contributed by atoms with van der Waals surface area (Å²) < 4.78 is 16.3. The summed E-state index contributed by atoms with van der Waals surface area (Å²) in [5.41, 5.74) is 5.68. The molecule has 0 amide bonds. The van der Waals surface area contributed by atoms with Gasteiger partial charge in [0.1, 0.15) is 0 Å². The van der Waals surface area contributed by atoms with Crippen LogP contribution in [0.2, 0.25) is 0 Å². The molecule has 0 aromatic rings. The normalized spacial score (nSPS) is 18.2. The third-order valence-corrected chi connectivity index (χ3v) is 3.69. The highest BCUT2D eigenvalue weighted by molar-refractivity contribution is 7.85. The van der Waals surface area contributed by atoms with Crippen LogP contribution < -0.4 is 5.73 Å². The molecule has 80 valence electrons. The van der Waals surface area contributed by atoms with Crippen molar-refractivity contribution in [3.63, 3.8) is 0 Å². The van der Waals surface area contributed by atoms with Crippen molar-refractivity contribution in [1.82, 2.24) is 0 Å². The van der Waals surface area contributed by atoms with Gasteiger partial charge in [-0.2, -0.15) is 0 Å². The minimum atomic E-state index is -0.787. The Labute approximate surface area is 83.5 Å². The summed E-state index contributed by atoms with van der Waals surface area (Å²) in [5, 5.41) is 0. The Morgan fingerprint density at radius 2 is 2.08 bits per heavy atom. The second-order valence-corrected chi connectivity index (χ2v) is 5.05. The number of ether oxygens (including phenoxy) is 1. The maximum absolute atomic E-state index is 11.5. The summed E-state index contributed by atoms with van der Waals surface area (Å²) in [6.45, 7) is 4.71. The van der Waals surface area contributed by atoms with Crippen molar-refractivity contribution in [1.29, 1.82) is 0 Å². The Bertz CT molecular complexity index is 153. The van der Waals surface area contributed by atoms with E-state index in [9.17, 15) is 4.21 Å². The van der Waals surface area contributed by atoms with Crippen LogP contribution in [0.25, 0.3) is 0 Å². The lowest BCUT2D eigenvalue weighted by molar-refractivity contribution is 0.186. The van der Waals surface area contributed by atoms with E-state index in [1.54, 1.807) is 7.11 Å². The van der Waals surface area contributed by atoms with Crippen LogP contribution in [-0.2, 0) is 15.5 Å². The molecule has 13 heavy (non-hydrogen) atoms. The van der Waals surface area contributed by atoms with Gasteiger partial charge < -0.3 is 10.5 Å². The Morgan fingerprint density at radius 3 is 2.54 bits per heavy atom. The summed E-state index contributed by atoms with van der Waals surface area (Å²) in [4.78, 5) is 0. The molecule has 0 saturated heterocycles. The van der Waals surface area contributed by atoms with Crippen LogP contribution in [0.15, 0.2) is 0 Å². The van der Waals surface area contributed by atoms with Crippen LogP contribution in [0.5, 0.6) is 0 Å². The van der Waals surface area contributed by atoms with Crippen molar-refractivity contribution in [2.45, 2.75) is 26.3 Å². The average Bonchev–Trinajstić information content (AvgIpc) is 2.04. The molecule has 0 fully saturated rings. The van der Waals surface area contributed by atoms with Gasteiger partial charge in [-0.3, -0.25) is 4.21 Å². The van der Waals surface area contributed by atoms with Crippen LogP contribution in [0.3, 0.4) is 0 Å². The number of methoxy groups -OCH3 is 1. The van der Waals surface area contributed by atoms with Crippen LogP contribution in [0.4, 0.5) is 0 Å². The summed E-state index contributed by atoms with van der Waals surface area (Å²) >= 11 is 0. The lowest BCUT2D eigenvalue weighted by Crippen LogP contribution is -2.33. The second-order valence-electron chi connectivity index (χ2n) is 3.50. The van der Waals surface area contributed by atoms with Crippen molar-refractivity contribution in [2.24, 2.45) is 11.7 Å². The van der Waals surface area contributed by atoms with Gasteiger partial charge in [-0.1, -0.05) is 20.3 Å². The van der Waals surface area contributed by atoms with Gasteiger partial charge in [0.05, 0.1) is 6.61 Å². The molecule has 0 aliphatic heterocycles. The molecule has 0 saturated carbocycles. The highest BCUT2D eigenvalue weighted by Gasteiger charge is 2.10. The maximum Gasteiger partial charge on any atom is 0.0622 e. The standard InChI is InChI=1S/C9H21NO2S/c1-4-8(2)6-13(11)7-9(10)5-12-3/h8-9H,4-7,10H2,1-3H3. The molecule has 3 unspecified atom stereocenters. The van der Waals surface area contributed by atoms with E-state index in [4.69, 9.17) is 10.5 Å². The first-order chi connectivity index (χ1) is 6.10. The lowest BCUT2D eigenvalue weighted by Gasteiger charge is -2.12. The highest BCUT2D eigenvalue weighted by atomic mass is 32.2. The predicted molar refractivity (Wildman–Crippen MR) is 57.2 cm³/mol. The van der Waals surface area contributed by atoms with Crippen LogP contribution in [0, 0.1) is 5.92 Å². The summed E-state index contributed by atoms with van der Waals surface area (Å²) in [7, 11) is 0.822. The smallest absolute Gasteiger partial charge is 0.0622 e. The Morgan fingerprint density at radius 1 is 1.46 bits per heavy atom. The van der Waals surface area contributed by atoms with Crippen LogP contribution in [0.1, 0.15) is 20.3 Å². The quantitative estimate of drug-likeness (QED) is 0.670. The van der Waals surface area contributed by atoms with E-state index in [0.29, 0.717) is 18.3 Å². The fourth-order valence-electron chi connectivity index (χ4n) is 1.00. The van der Waals surface area contributed by atoms with E-state index in [0.717, 1.165) is 12.2 Å². The number of nitrogens with two attached hydrogens (primary N) is 1. The molecule has 0 rings (SSSR count). The van der Waals surface area contributed by atoms with E-state index >= 15 is 0 Å². The monoisotopic (exact) mass is 207 g/mol. The summed E-state index contributed by atoms with van der Waals surface area (Å²) in [6, 6.07) is -0.0881. The van der Waals surface area contributed by atoms with Gasteiger partial charge in [-0.15, -0.1) is 0 Å². The van der Waals surface area contributed by atoms with Crippen molar-refractivity contribution >= 4 is 10.8 Å². The molecular formula is C9H21NO2S. The van der Waals surface area contributed by atoms with E-state index in [2.05, 4.69) is 13.8 Å². The van der Waals surface area contributed by atoms with Crippen LogP contribution in [-0.4, -0.2) is 35.5 Å². The third-order valence-electron chi connectivity index (χ3n) is 1.95. The Hall–Kier alpha value is 0.0700. The lowest BCUT2D eigenvalue weighted by atomic mass is 10.2. The Kier molecular flexibility index (Phi) is 7.51. The fraction of sp³-hybridized carbons (Fsp3) is 1.00. The zero-order valence-corrected chi connectivity index (χ0v) is 9.60. The molecule has 0 spiro atoms.